The summed E-state index contributed by atoms with van der Waals surface area (Å²) in [6, 6.07) is 0. The molecule has 9 heteroatoms. The van der Waals surface area contributed by atoms with Crippen LogP contribution in [0.5, 0.6) is 0 Å². The highest BCUT2D eigenvalue weighted by Gasteiger charge is 2.42. The molecule has 0 bridgehead atoms. The first-order valence-corrected chi connectivity index (χ1v) is 13.4. The number of ketones is 1. The van der Waals surface area contributed by atoms with E-state index in [-0.39, 0.29) is 31.3 Å². The van der Waals surface area contributed by atoms with Crippen molar-refractivity contribution in [3.8, 4) is 0 Å². The second-order valence-electron chi connectivity index (χ2n) is 10.4. The molecule has 2 rings (SSSR count). The maximum absolute atomic E-state index is 13.2. The molecule has 5 unspecified atom stereocenters. The second kappa shape index (κ2) is 13.6. The molecular weight excluding hydrogens is 482 g/mol. The van der Waals surface area contributed by atoms with Gasteiger partial charge in [0, 0.05) is 17.7 Å². The monoisotopic (exact) mass is 523 g/mol. The van der Waals surface area contributed by atoms with E-state index in [1.54, 1.807) is 32.2 Å². The van der Waals surface area contributed by atoms with Crippen LogP contribution in [0.3, 0.4) is 0 Å². The van der Waals surface area contributed by atoms with Crippen LogP contribution in [-0.2, 0) is 20.9 Å². The Balaban J connectivity index is 2.37. The summed E-state index contributed by atoms with van der Waals surface area (Å²) in [6.45, 7) is 8.26. The first kappa shape index (κ1) is 30.3. The topological polar surface area (TPSA) is 137 Å². The van der Waals surface area contributed by atoms with Crippen LogP contribution in [0.1, 0.15) is 77.4 Å². The molecule has 36 heavy (non-hydrogen) atoms. The summed E-state index contributed by atoms with van der Waals surface area (Å²) in [5, 5.41) is 43.1. The molecule has 0 saturated carbocycles. The van der Waals surface area contributed by atoms with Crippen molar-refractivity contribution in [2.45, 2.75) is 91.6 Å². The number of aliphatic hydroxyl groups excluding tert-OH is 4. The Morgan fingerprint density at radius 3 is 2.53 bits per heavy atom. The van der Waals surface area contributed by atoms with Crippen molar-refractivity contribution in [1.82, 2.24) is 4.98 Å². The van der Waals surface area contributed by atoms with E-state index >= 15 is 0 Å². The zero-order chi connectivity index (χ0) is 27.0. The van der Waals surface area contributed by atoms with E-state index in [0.717, 1.165) is 17.6 Å². The minimum Gasteiger partial charge on any atom is -0.457 e. The number of thiazole rings is 1. The number of nitrogens with zero attached hydrogens (tertiary/aromatic N) is 1. The normalized spacial score (nSPS) is 29.5. The Kier molecular flexibility index (Phi) is 11.4. The molecule has 0 spiro atoms. The highest BCUT2D eigenvalue weighted by atomic mass is 32.1. The average molecular weight is 524 g/mol. The van der Waals surface area contributed by atoms with Gasteiger partial charge in [-0.2, -0.15) is 0 Å². The summed E-state index contributed by atoms with van der Waals surface area (Å²) in [6.07, 6.45) is 2.81. The number of hydrogen-bond acceptors (Lipinski definition) is 9. The number of esters is 1. The largest absolute Gasteiger partial charge is 0.457 e. The minimum absolute atomic E-state index is 0.131. The number of aromatic nitrogens is 1. The lowest BCUT2D eigenvalue weighted by molar-refractivity contribution is -0.154. The zero-order valence-corrected chi connectivity index (χ0v) is 22.8. The van der Waals surface area contributed by atoms with Gasteiger partial charge in [-0.1, -0.05) is 33.8 Å². The molecule has 1 aliphatic heterocycles. The molecule has 1 aromatic heterocycles. The van der Waals surface area contributed by atoms with E-state index in [1.807, 2.05) is 19.9 Å². The maximum atomic E-state index is 13.2. The van der Waals surface area contributed by atoms with Gasteiger partial charge in [0.25, 0.3) is 0 Å². The lowest BCUT2D eigenvalue weighted by atomic mass is 9.73. The third-order valence-corrected chi connectivity index (χ3v) is 8.03. The van der Waals surface area contributed by atoms with E-state index < -0.39 is 35.6 Å². The van der Waals surface area contributed by atoms with Gasteiger partial charge in [-0.3, -0.25) is 9.59 Å². The summed E-state index contributed by atoms with van der Waals surface area (Å²) in [7, 11) is 0. The third-order valence-electron chi connectivity index (χ3n) is 7.18. The first-order chi connectivity index (χ1) is 16.9. The fourth-order valence-electron chi connectivity index (χ4n) is 4.48. The molecule has 0 aromatic carbocycles. The van der Waals surface area contributed by atoms with Crippen LogP contribution in [0, 0.1) is 17.3 Å². The van der Waals surface area contributed by atoms with Crippen molar-refractivity contribution in [3.05, 3.63) is 33.3 Å². The van der Waals surface area contributed by atoms with E-state index in [1.165, 1.54) is 11.3 Å². The standard InChI is InChI=1S/C27H41NO7S/c1-16-7-6-8-19(13-29)9-10-21(17(2)11-20-15-36-23(14-30)28-20)35-24(32)12-22(31)27(4,5)26(34)18(3)25(16)33/h9,11,15-16,18,21-22,25,29-31,33H,6-8,10,12-14H2,1-5H3. The molecule has 8 nitrogen and oxygen atoms in total. The van der Waals surface area contributed by atoms with Gasteiger partial charge in [0.15, 0.2) is 0 Å². The van der Waals surface area contributed by atoms with Crippen LogP contribution in [-0.4, -0.2) is 62.1 Å². The van der Waals surface area contributed by atoms with Crippen molar-refractivity contribution in [2.75, 3.05) is 6.61 Å². The molecule has 0 saturated heterocycles. The van der Waals surface area contributed by atoms with E-state index in [4.69, 9.17) is 4.74 Å². The van der Waals surface area contributed by atoms with Gasteiger partial charge in [0.05, 0.1) is 43.0 Å². The molecule has 0 aliphatic carbocycles. The van der Waals surface area contributed by atoms with Gasteiger partial charge in [-0.05, 0) is 49.3 Å². The molecule has 1 aliphatic rings. The maximum Gasteiger partial charge on any atom is 0.309 e. The highest BCUT2D eigenvalue weighted by Crippen LogP contribution is 2.32. The number of aliphatic hydroxyl groups is 4. The van der Waals surface area contributed by atoms with Gasteiger partial charge in [0.1, 0.15) is 16.9 Å². The van der Waals surface area contributed by atoms with Crippen LogP contribution in [0.2, 0.25) is 0 Å². The Labute approximate surface area is 217 Å². The van der Waals surface area contributed by atoms with Gasteiger partial charge in [-0.25, -0.2) is 4.98 Å². The number of rotatable bonds is 4. The quantitative estimate of drug-likeness (QED) is 0.348. The van der Waals surface area contributed by atoms with Crippen molar-refractivity contribution < 1.29 is 34.8 Å². The number of Topliss-reactive ketones (excluding diaryl/α,β-unsaturated/α-hetero) is 1. The molecule has 0 radical (unpaired) electrons. The van der Waals surface area contributed by atoms with Crippen molar-refractivity contribution in [1.29, 1.82) is 0 Å². The van der Waals surface area contributed by atoms with Crippen LogP contribution < -0.4 is 0 Å². The Bertz CT molecular complexity index is 952. The zero-order valence-electron chi connectivity index (χ0n) is 21.9. The smallest absolute Gasteiger partial charge is 0.309 e. The SMILES string of the molecule is CC(=Cc1csc(CO)n1)C1CC=C(CO)CCCC(C)C(O)C(C)C(=O)C(C)(C)C(O)CC(=O)O1. The lowest BCUT2D eigenvalue weighted by Crippen LogP contribution is -2.45. The number of carbonyl (C=O) groups excluding carboxylic acids is 2. The fraction of sp³-hybridized carbons (Fsp3) is 0.667. The average Bonchev–Trinajstić information content (AvgIpc) is 3.30. The van der Waals surface area contributed by atoms with Gasteiger partial charge in [-0.15, -0.1) is 11.3 Å². The van der Waals surface area contributed by atoms with Gasteiger partial charge >= 0.3 is 5.97 Å². The molecule has 4 N–H and O–H groups in total. The van der Waals surface area contributed by atoms with Crippen molar-refractivity contribution in [2.24, 2.45) is 17.3 Å². The second-order valence-corrected chi connectivity index (χ2v) is 11.3. The van der Waals surface area contributed by atoms with Crippen molar-refractivity contribution in [3.63, 3.8) is 0 Å². The Hall–Kier alpha value is -1.91. The molecule has 5 atom stereocenters. The van der Waals surface area contributed by atoms with E-state index in [0.29, 0.717) is 30.0 Å². The molecule has 0 fully saturated rings. The van der Waals surface area contributed by atoms with Crippen LogP contribution in [0.15, 0.2) is 22.6 Å². The third kappa shape index (κ3) is 8.05. The van der Waals surface area contributed by atoms with Crippen LogP contribution in [0.25, 0.3) is 6.08 Å². The minimum atomic E-state index is -1.28. The predicted octanol–water partition coefficient (Wildman–Crippen LogP) is 3.42. The van der Waals surface area contributed by atoms with Gasteiger partial charge in [0.2, 0.25) is 0 Å². The Morgan fingerprint density at radius 2 is 1.92 bits per heavy atom. The Morgan fingerprint density at radius 1 is 1.22 bits per heavy atom. The first-order valence-electron chi connectivity index (χ1n) is 12.5. The summed E-state index contributed by atoms with van der Waals surface area (Å²) in [5.74, 6) is -1.81. The number of ether oxygens (including phenoxy) is 1. The van der Waals surface area contributed by atoms with E-state index in [9.17, 15) is 30.0 Å². The fourth-order valence-corrected chi connectivity index (χ4v) is 5.09. The molecule has 202 valence electrons. The molecular formula is C27H41NO7S. The summed E-state index contributed by atoms with van der Waals surface area (Å²) >= 11 is 1.33. The van der Waals surface area contributed by atoms with Gasteiger partial charge < -0.3 is 25.2 Å². The highest BCUT2D eigenvalue weighted by molar-refractivity contribution is 7.09. The van der Waals surface area contributed by atoms with Crippen molar-refractivity contribution >= 4 is 29.2 Å². The summed E-state index contributed by atoms with van der Waals surface area (Å²) in [5.41, 5.74) is 0.925. The molecule has 1 aromatic rings. The summed E-state index contributed by atoms with van der Waals surface area (Å²) < 4.78 is 5.75. The lowest BCUT2D eigenvalue weighted by Gasteiger charge is -2.34. The predicted molar refractivity (Wildman–Crippen MR) is 139 cm³/mol. The van der Waals surface area contributed by atoms with Crippen LogP contribution >= 0.6 is 11.3 Å². The number of cyclic esters (lactones) is 1. The summed E-state index contributed by atoms with van der Waals surface area (Å²) in [4.78, 5) is 30.4. The number of hydrogen-bond donors (Lipinski definition) is 4. The van der Waals surface area contributed by atoms with E-state index in [2.05, 4.69) is 4.98 Å². The molecule has 0 amide bonds. The molecule has 2 heterocycles. The van der Waals surface area contributed by atoms with Crippen LogP contribution in [0.4, 0.5) is 0 Å². The number of carbonyl (C=O) groups is 2.